The van der Waals surface area contributed by atoms with Crippen molar-refractivity contribution in [2.24, 2.45) is 0 Å². The lowest BCUT2D eigenvalue weighted by Gasteiger charge is -2.14. The summed E-state index contributed by atoms with van der Waals surface area (Å²) in [7, 11) is 0.642. The maximum Gasteiger partial charge on any atom is 0.257 e. The molecule has 31 heavy (non-hydrogen) atoms. The molecule has 3 aromatic rings. The van der Waals surface area contributed by atoms with Gasteiger partial charge in [-0.1, -0.05) is 11.6 Å². The summed E-state index contributed by atoms with van der Waals surface area (Å²) < 4.78 is 36.7. The maximum absolute atomic E-state index is 12.9. The maximum atomic E-state index is 12.9. The van der Waals surface area contributed by atoms with E-state index in [-0.39, 0.29) is 21.4 Å². The molecule has 1 aromatic heterocycles. The molecule has 162 valence electrons. The van der Waals surface area contributed by atoms with Crippen LogP contribution in [0.25, 0.3) is 0 Å². The van der Waals surface area contributed by atoms with Crippen molar-refractivity contribution in [3.05, 3.63) is 71.4 Å². The Hall–Kier alpha value is -3.14. The van der Waals surface area contributed by atoms with Crippen LogP contribution in [0, 0.1) is 0 Å². The number of halogens is 1. The monoisotopic (exact) mass is 461 g/mol. The highest BCUT2D eigenvalue weighted by Gasteiger charge is 2.21. The van der Waals surface area contributed by atoms with E-state index in [0.717, 1.165) is 4.31 Å². The minimum absolute atomic E-state index is 0.00356. The van der Waals surface area contributed by atoms with Crippen molar-refractivity contribution in [1.29, 1.82) is 0 Å². The fourth-order valence-corrected chi connectivity index (χ4v) is 3.69. The Balaban J connectivity index is 1.87. The number of anilines is 1. The van der Waals surface area contributed by atoms with Gasteiger partial charge < -0.3 is 14.8 Å². The Kier molecular flexibility index (Phi) is 6.79. The summed E-state index contributed by atoms with van der Waals surface area (Å²) in [6.07, 6.45) is 1.52. The summed E-state index contributed by atoms with van der Waals surface area (Å²) in [6, 6.07) is 14.0. The Bertz CT molecular complexity index is 1200. The number of rotatable bonds is 7. The van der Waals surface area contributed by atoms with E-state index in [1.54, 1.807) is 43.5 Å². The molecule has 0 radical (unpaired) electrons. The van der Waals surface area contributed by atoms with Crippen molar-refractivity contribution in [3.8, 4) is 17.4 Å². The summed E-state index contributed by atoms with van der Waals surface area (Å²) in [5, 5.41) is 2.78. The van der Waals surface area contributed by atoms with E-state index >= 15 is 0 Å². The third kappa shape index (κ3) is 5.13. The molecule has 0 spiro atoms. The molecule has 10 heteroatoms. The van der Waals surface area contributed by atoms with Crippen LogP contribution < -0.4 is 14.8 Å². The molecule has 0 aliphatic carbocycles. The highest BCUT2D eigenvalue weighted by atomic mass is 35.5. The molecular formula is C21H20ClN3O5S. The number of hydrogen-bond donors (Lipinski definition) is 1. The molecule has 0 aliphatic heterocycles. The minimum Gasteiger partial charge on any atom is -0.497 e. The van der Waals surface area contributed by atoms with Crippen LogP contribution in [0.5, 0.6) is 17.4 Å². The van der Waals surface area contributed by atoms with Crippen LogP contribution in [0.2, 0.25) is 5.02 Å². The lowest BCUT2D eigenvalue weighted by atomic mass is 10.2. The van der Waals surface area contributed by atoms with Crippen LogP contribution in [0.3, 0.4) is 0 Å². The number of benzene rings is 2. The summed E-state index contributed by atoms with van der Waals surface area (Å²) in [6.45, 7) is 0. The molecule has 0 aliphatic rings. The molecule has 0 fully saturated rings. The lowest BCUT2D eigenvalue weighted by Crippen LogP contribution is -2.23. The Morgan fingerprint density at radius 1 is 1.06 bits per heavy atom. The number of sulfonamides is 1. The standard InChI is InChI=1S/C21H20ClN3O5S/c1-25(2)31(27,28)16-10-11-18(22)17(13-16)20(26)24-19-5-4-12-23-21(19)30-15-8-6-14(29-3)7-9-15/h4-13H,1-3H3,(H,24,26). The number of nitrogens with one attached hydrogen (secondary N) is 1. The van der Waals surface area contributed by atoms with Gasteiger partial charge in [-0.25, -0.2) is 17.7 Å². The largest absolute Gasteiger partial charge is 0.497 e. The van der Waals surface area contributed by atoms with Gasteiger partial charge in [-0.2, -0.15) is 0 Å². The number of aromatic nitrogens is 1. The van der Waals surface area contributed by atoms with E-state index in [9.17, 15) is 13.2 Å². The third-order valence-electron chi connectivity index (χ3n) is 4.25. The highest BCUT2D eigenvalue weighted by molar-refractivity contribution is 7.89. The average molecular weight is 462 g/mol. The number of hydrogen-bond acceptors (Lipinski definition) is 6. The normalized spacial score (nSPS) is 11.3. The molecule has 2 aromatic carbocycles. The van der Waals surface area contributed by atoms with Crippen LogP contribution >= 0.6 is 11.6 Å². The second-order valence-corrected chi connectivity index (χ2v) is 9.08. The van der Waals surface area contributed by atoms with Gasteiger partial charge in [0.2, 0.25) is 15.9 Å². The molecule has 1 amide bonds. The summed E-state index contributed by atoms with van der Waals surface area (Å²) in [5.41, 5.74) is 0.295. The Morgan fingerprint density at radius 2 is 1.74 bits per heavy atom. The van der Waals surface area contributed by atoms with E-state index in [0.29, 0.717) is 17.2 Å². The molecule has 1 N–H and O–H groups in total. The van der Waals surface area contributed by atoms with Gasteiger partial charge in [0, 0.05) is 20.3 Å². The summed E-state index contributed by atoms with van der Waals surface area (Å²) in [5.74, 6) is 0.721. The van der Waals surface area contributed by atoms with Crippen molar-refractivity contribution in [2.75, 3.05) is 26.5 Å². The first-order chi connectivity index (χ1) is 14.7. The average Bonchev–Trinajstić information content (AvgIpc) is 2.75. The number of amides is 1. The molecule has 0 unspecified atom stereocenters. The molecule has 1 heterocycles. The minimum atomic E-state index is -3.73. The fraction of sp³-hybridized carbons (Fsp3) is 0.143. The predicted octanol–water partition coefficient (Wildman–Crippen LogP) is 4.04. The van der Waals surface area contributed by atoms with Crippen LogP contribution in [0.15, 0.2) is 65.7 Å². The number of carbonyl (C=O) groups excluding carboxylic acids is 1. The van der Waals surface area contributed by atoms with Gasteiger partial charge in [0.25, 0.3) is 5.91 Å². The van der Waals surface area contributed by atoms with Gasteiger partial charge in [-0.3, -0.25) is 4.79 Å². The first-order valence-electron chi connectivity index (χ1n) is 9.02. The number of methoxy groups -OCH3 is 1. The first-order valence-corrected chi connectivity index (χ1v) is 10.8. The van der Waals surface area contributed by atoms with E-state index in [1.165, 1.54) is 38.5 Å². The van der Waals surface area contributed by atoms with Crippen molar-refractivity contribution in [3.63, 3.8) is 0 Å². The predicted molar refractivity (Wildman–Crippen MR) is 118 cm³/mol. The lowest BCUT2D eigenvalue weighted by molar-refractivity contribution is 0.102. The van der Waals surface area contributed by atoms with Crippen molar-refractivity contribution in [2.45, 2.75) is 4.90 Å². The molecule has 0 saturated carbocycles. The van der Waals surface area contributed by atoms with Crippen molar-refractivity contribution < 1.29 is 22.7 Å². The Morgan fingerprint density at radius 3 is 2.39 bits per heavy atom. The topological polar surface area (TPSA) is 97.8 Å². The number of nitrogens with zero attached hydrogens (tertiary/aromatic N) is 2. The zero-order valence-corrected chi connectivity index (χ0v) is 18.6. The first kappa shape index (κ1) is 22.5. The van der Waals surface area contributed by atoms with Crippen LogP contribution in [0.1, 0.15) is 10.4 Å². The van der Waals surface area contributed by atoms with Gasteiger partial charge in [-0.05, 0) is 54.6 Å². The molecule has 0 bridgehead atoms. The van der Waals surface area contributed by atoms with Gasteiger partial charge >= 0.3 is 0 Å². The third-order valence-corrected chi connectivity index (χ3v) is 6.40. The second-order valence-electron chi connectivity index (χ2n) is 6.52. The van der Waals surface area contributed by atoms with Crippen LogP contribution in [-0.2, 0) is 10.0 Å². The number of pyridine rings is 1. The Labute approximate surface area is 185 Å². The van der Waals surface area contributed by atoms with Gasteiger partial charge in [0.1, 0.15) is 17.2 Å². The van der Waals surface area contributed by atoms with Gasteiger partial charge in [0.05, 0.1) is 22.6 Å². The molecule has 0 saturated heterocycles. The van der Waals surface area contributed by atoms with E-state index in [4.69, 9.17) is 21.1 Å². The molecule has 0 atom stereocenters. The number of ether oxygens (including phenoxy) is 2. The molecule has 3 rings (SSSR count). The SMILES string of the molecule is COc1ccc(Oc2ncccc2NC(=O)c2cc(S(=O)(=O)N(C)C)ccc2Cl)cc1. The fourth-order valence-electron chi connectivity index (χ4n) is 2.56. The van der Waals surface area contributed by atoms with Crippen molar-refractivity contribution in [1.82, 2.24) is 9.29 Å². The highest BCUT2D eigenvalue weighted by Crippen LogP contribution is 2.29. The molecule has 8 nitrogen and oxygen atoms in total. The zero-order chi connectivity index (χ0) is 22.6. The smallest absolute Gasteiger partial charge is 0.257 e. The second kappa shape index (κ2) is 9.34. The summed E-state index contributed by atoms with van der Waals surface area (Å²) in [4.78, 5) is 17.0. The van der Waals surface area contributed by atoms with Crippen molar-refractivity contribution >= 4 is 33.2 Å². The van der Waals surface area contributed by atoms with Crippen LogP contribution in [-0.4, -0.2) is 44.8 Å². The quantitative estimate of drug-likeness (QED) is 0.570. The van der Waals surface area contributed by atoms with E-state index in [1.807, 2.05) is 0 Å². The molecular weight excluding hydrogens is 442 g/mol. The van der Waals surface area contributed by atoms with Gasteiger partial charge in [0.15, 0.2) is 0 Å². The van der Waals surface area contributed by atoms with E-state index in [2.05, 4.69) is 10.3 Å². The van der Waals surface area contributed by atoms with E-state index < -0.39 is 15.9 Å². The zero-order valence-electron chi connectivity index (χ0n) is 17.0. The summed E-state index contributed by atoms with van der Waals surface area (Å²) >= 11 is 6.16. The van der Waals surface area contributed by atoms with Gasteiger partial charge in [-0.15, -0.1) is 0 Å². The van der Waals surface area contributed by atoms with Crippen LogP contribution in [0.4, 0.5) is 5.69 Å². The number of carbonyl (C=O) groups is 1.